The molecule has 1 aromatic carbocycles. The Hall–Kier alpha value is -1.55. The third-order valence-electron chi connectivity index (χ3n) is 4.46. The molecule has 0 heterocycles. The molecule has 0 bridgehead atoms. The topological polar surface area (TPSA) is 83.5 Å². The summed E-state index contributed by atoms with van der Waals surface area (Å²) in [6.45, 7) is 16.9. The average molecular weight is 366 g/mol. The first-order valence-corrected chi connectivity index (χ1v) is 9.58. The number of phenols is 1. The zero-order valence-corrected chi connectivity index (χ0v) is 17.9. The van der Waals surface area contributed by atoms with E-state index < -0.39 is 11.9 Å². The number of carboxylic acid groups (broad SMARTS) is 1. The lowest BCUT2D eigenvalue weighted by atomic mass is 9.77. The van der Waals surface area contributed by atoms with Gasteiger partial charge in [0.2, 0.25) is 0 Å². The van der Waals surface area contributed by atoms with Crippen molar-refractivity contribution < 1.29 is 15.0 Å². The monoisotopic (exact) mass is 365 g/mol. The number of hydrogen-bond donors (Lipinski definition) is 3. The quantitative estimate of drug-likeness (QED) is 0.617. The van der Waals surface area contributed by atoms with Crippen LogP contribution in [0.5, 0.6) is 5.75 Å². The first kappa shape index (κ1) is 24.5. The maximum Gasteiger partial charge on any atom is 0.310 e. The predicted octanol–water partition coefficient (Wildman–Crippen LogP) is 5.31. The van der Waals surface area contributed by atoms with Crippen LogP contribution in [0, 0.1) is 0 Å². The molecule has 0 saturated carbocycles. The van der Waals surface area contributed by atoms with Crippen LogP contribution in [-0.4, -0.2) is 22.7 Å². The highest BCUT2D eigenvalue weighted by atomic mass is 16.4. The summed E-state index contributed by atoms with van der Waals surface area (Å²) < 4.78 is 0. The molecule has 0 aliphatic carbocycles. The molecule has 4 heteroatoms. The van der Waals surface area contributed by atoms with E-state index in [1.54, 1.807) is 6.92 Å². The van der Waals surface area contributed by atoms with Crippen molar-refractivity contribution in [2.75, 3.05) is 6.54 Å². The van der Waals surface area contributed by atoms with E-state index in [0.717, 1.165) is 17.7 Å². The molecule has 0 spiro atoms. The highest BCUT2D eigenvalue weighted by Crippen LogP contribution is 2.40. The molecular weight excluding hydrogens is 326 g/mol. The number of unbranched alkanes of at least 4 members (excludes halogenated alkanes) is 2. The van der Waals surface area contributed by atoms with Crippen LogP contribution in [0.2, 0.25) is 0 Å². The van der Waals surface area contributed by atoms with Crippen LogP contribution in [0.3, 0.4) is 0 Å². The van der Waals surface area contributed by atoms with Gasteiger partial charge in [-0.3, -0.25) is 4.79 Å². The summed E-state index contributed by atoms with van der Waals surface area (Å²) in [5.41, 5.74) is 7.22. The molecule has 0 radical (unpaired) electrons. The second kappa shape index (κ2) is 9.96. The Labute approximate surface area is 159 Å². The van der Waals surface area contributed by atoms with Crippen molar-refractivity contribution in [2.24, 2.45) is 5.73 Å². The van der Waals surface area contributed by atoms with Crippen molar-refractivity contribution in [3.05, 3.63) is 28.8 Å². The Morgan fingerprint density at radius 3 is 1.92 bits per heavy atom. The van der Waals surface area contributed by atoms with Gasteiger partial charge in [0, 0.05) is 5.56 Å². The van der Waals surface area contributed by atoms with Gasteiger partial charge in [-0.2, -0.15) is 0 Å². The van der Waals surface area contributed by atoms with Crippen LogP contribution in [0.15, 0.2) is 12.1 Å². The smallest absolute Gasteiger partial charge is 0.310 e. The number of phenolic OH excluding ortho intramolecular Hbond substituents is 1. The zero-order valence-electron chi connectivity index (χ0n) is 17.9. The van der Waals surface area contributed by atoms with Crippen molar-refractivity contribution in [1.29, 1.82) is 0 Å². The minimum Gasteiger partial charge on any atom is -0.507 e. The number of benzene rings is 1. The standard InChI is InChI=1S/C17H26O3.C5H13N/c1-10(15(19)20)12-8-11(16(2,3)4)9-13(14(12)18)17(5,6)7;1-2-3-4-5-6/h8-10,18H,1-7H3,(H,19,20);2-6H2,1H3. The van der Waals surface area contributed by atoms with Crippen molar-refractivity contribution in [2.45, 2.75) is 91.4 Å². The lowest BCUT2D eigenvalue weighted by Gasteiger charge is -2.28. The Morgan fingerprint density at radius 1 is 1.08 bits per heavy atom. The molecule has 1 unspecified atom stereocenters. The number of rotatable bonds is 5. The molecule has 1 atom stereocenters. The molecule has 0 fully saturated rings. The molecule has 1 aromatic rings. The van der Waals surface area contributed by atoms with Crippen LogP contribution in [0.1, 0.15) is 97.3 Å². The Balaban J connectivity index is 0.000000896. The van der Waals surface area contributed by atoms with Crippen LogP contribution in [0.4, 0.5) is 0 Å². The average Bonchev–Trinajstić information content (AvgIpc) is 2.50. The van der Waals surface area contributed by atoms with Gasteiger partial charge in [0.15, 0.2) is 0 Å². The molecule has 0 amide bonds. The first-order valence-electron chi connectivity index (χ1n) is 9.58. The summed E-state index contributed by atoms with van der Waals surface area (Å²) in [5, 5.41) is 19.7. The molecule has 0 aromatic heterocycles. The fourth-order valence-electron chi connectivity index (χ4n) is 2.52. The minimum absolute atomic E-state index is 0.0966. The van der Waals surface area contributed by atoms with Crippen LogP contribution >= 0.6 is 0 Å². The number of hydrogen-bond acceptors (Lipinski definition) is 3. The van der Waals surface area contributed by atoms with Gasteiger partial charge >= 0.3 is 5.97 Å². The number of aromatic hydroxyl groups is 1. The summed E-state index contributed by atoms with van der Waals surface area (Å²) in [5.74, 6) is -1.54. The molecule has 0 saturated heterocycles. The van der Waals surface area contributed by atoms with Gasteiger partial charge in [-0.15, -0.1) is 0 Å². The third kappa shape index (κ3) is 7.36. The minimum atomic E-state index is -0.925. The van der Waals surface area contributed by atoms with E-state index in [2.05, 4.69) is 27.7 Å². The van der Waals surface area contributed by atoms with E-state index in [1.165, 1.54) is 19.3 Å². The molecule has 4 N–H and O–H groups in total. The molecule has 0 aliphatic heterocycles. The molecule has 1 rings (SSSR count). The lowest BCUT2D eigenvalue weighted by Crippen LogP contribution is -2.19. The van der Waals surface area contributed by atoms with Gasteiger partial charge in [-0.25, -0.2) is 0 Å². The van der Waals surface area contributed by atoms with Crippen molar-refractivity contribution >= 4 is 5.97 Å². The van der Waals surface area contributed by atoms with Gasteiger partial charge in [-0.1, -0.05) is 73.4 Å². The van der Waals surface area contributed by atoms with E-state index >= 15 is 0 Å². The Morgan fingerprint density at radius 2 is 1.62 bits per heavy atom. The van der Waals surface area contributed by atoms with Gasteiger partial charge in [0.1, 0.15) is 5.75 Å². The van der Waals surface area contributed by atoms with Gasteiger partial charge in [0.05, 0.1) is 5.92 Å². The van der Waals surface area contributed by atoms with Crippen LogP contribution < -0.4 is 5.73 Å². The normalized spacial score (nSPS) is 13.0. The van der Waals surface area contributed by atoms with E-state index in [4.69, 9.17) is 5.73 Å². The fourth-order valence-corrected chi connectivity index (χ4v) is 2.52. The molecule has 150 valence electrons. The van der Waals surface area contributed by atoms with E-state index in [9.17, 15) is 15.0 Å². The summed E-state index contributed by atoms with van der Waals surface area (Å²) in [6, 6.07) is 3.82. The summed E-state index contributed by atoms with van der Waals surface area (Å²) in [7, 11) is 0. The van der Waals surface area contributed by atoms with E-state index in [-0.39, 0.29) is 16.6 Å². The third-order valence-corrected chi connectivity index (χ3v) is 4.46. The Kier molecular flexibility index (Phi) is 9.36. The summed E-state index contributed by atoms with van der Waals surface area (Å²) in [6.07, 6.45) is 3.75. The first-order chi connectivity index (χ1) is 11.8. The van der Waals surface area contributed by atoms with Crippen LogP contribution in [-0.2, 0) is 15.6 Å². The van der Waals surface area contributed by atoms with E-state index in [1.807, 2.05) is 32.9 Å². The maximum atomic E-state index is 11.3. The van der Waals surface area contributed by atoms with Crippen molar-refractivity contribution in [3.63, 3.8) is 0 Å². The van der Waals surface area contributed by atoms with E-state index in [0.29, 0.717) is 5.56 Å². The molecule has 26 heavy (non-hydrogen) atoms. The molecular formula is C22H39NO3. The lowest BCUT2D eigenvalue weighted by molar-refractivity contribution is -0.138. The molecule has 4 nitrogen and oxygen atoms in total. The fraction of sp³-hybridized carbons (Fsp3) is 0.682. The predicted molar refractivity (Wildman–Crippen MR) is 110 cm³/mol. The largest absolute Gasteiger partial charge is 0.507 e. The number of carboxylic acids is 1. The van der Waals surface area contributed by atoms with Gasteiger partial charge < -0.3 is 15.9 Å². The van der Waals surface area contributed by atoms with Crippen molar-refractivity contribution in [3.8, 4) is 5.75 Å². The summed E-state index contributed by atoms with van der Waals surface area (Å²) in [4.78, 5) is 11.3. The highest BCUT2D eigenvalue weighted by molar-refractivity contribution is 5.77. The van der Waals surface area contributed by atoms with Gasteiger partial charge in [0.25, 0.3) is 0 Å². The Bertz CT molecular complexity index is 576. The number of nitrogens with two attached hydrogens (primary N) is 1. The van der Waals surface area contributed by atoms with Gasteiger partial charge in [-0.05, 0) is 41.8 Å². The number of aliphatic carboxylic acids is 1. The van der Waals surface area contributed by atoms with Crippen LogP contribution in [0.25, 0.3) is 0 Å². The highest BCUT2D eigenvalue weighted by Gasteiger charge is 2.28. The zero-order chi connectivity index (χ0) is 20.7. The van der Waals surface area contributed by atoms with Crippen molar-refractivity contribution in [1.82, 2.24) is 0 Å². The second-order valence-corrected chi connectivity index (χ2v) is 9.02. The summed E-state index contributed by atoms with van der Waals surface area (Å²) >= 11 is 0. The molecule has 0 aliphatic rings. The maximum absolute atomic E-state index is 11.3. The second-order valence-electron chi connectivity index (χ2n) is 9.02. The SMILES string of the molecule is CC(C(=O)O)c1cc(C(C)(C)C)cc(C(C)(C)C)c1O.CCCCCN. The number of carbonyl (C=O) groups is 1.